The fourth-order valence-electron chi connectivity index (χ4n) is 1.82. The largest absolute Gasteiger partial charge is 0.426 e. The molecule has 5 N–H and O–H groups in total. The molecule has 6 heteroatoms. The molecule has 0 aromatic heterocycles. The zero-order valence-corrected chi connectivity index (χ0v) is 11.5. The summed E-state index contributed by atoms with van der Waals surface area (Å²) in [4.78, 5) is 11.7. The van der Waals surface area contributed by atoms with Crippen molar-refractivity contribution in [2.24, 2.45) is 11.5 Å². The Hall–Kier alpha value is -1.59. The number of primary amides is 1. The number of urea groups is 1. The predicted molar refractivity (Wildman–Crippen MR) is 74.8 cm³/mol. The Labute approximate surface area is 111 Å². The number of benzene rings is 1. The van der Waals surface area contributed by atoms with E-state index in [0.29, 0.717) is 10.7 Å². The van der Waals surface area contributed by atoms with Crippen molar-refractivity contribution in [1.29, 1.82) is 5.41 Å². The number of hydrogen-bond donors (Lipinski definition) is 3. The summed E-state index contributed by atoms with van der Waals surface area (Å²) in [6.07, 6.45) is 0. The minimum absolute atomic E-state index is 0.134. The van der Waals surface area contributed by atoms with Gasteiger partial charge in [-0.2, -0.15) is 0 Å². The number of amides is 2. The number of nitrogens with two attached hydrogens (primary N) is 2. The molecule has 0 aliphatic rings. The maximum absolute atomic E-state index is 11.7. The number of nitrogens with zero attached hydrogens (tertiary/aromatic N) is 1. The molecule has 0 radical (unpaired) electrons. The molecule has 0 saturated carbocycles. The summed E-state index contributed by atoms with van der Waals surface area (Å²) in [5, 5.41) is 8.01. The van der Waals surface area contributed by atoms with Gasteiger partial charge in [0.15, 0.2) is 5.69 Å². The van der Waals surface area contributed by atoms with Gasteiger partial charge in [0, 0.05) is 5.56 Å². The summed E-state index contributed by atoms with van der Waals surface area (Å²) in [7, 11) is 1.47. The van der Waals surface area contributed by atoms with Gasteiger partial charge in [0.25, 0.3) is 0 Å². The zero-order chi connectivity index (χ0) is 14.1. The van der Waals surface area contributed by atoms with Gasteiger partial charge < -0.3 is 11.5 Å². The molecule has 98 valence electrons. The molecule has 18 heavy (non-hydrogen) atoms. The molecule has 0 spiro atoms. The van der Waals surface area contributed by atoms with Crippen LogP contribution in [0, 0.1) is 5.41 Å². The maximum atomic E-state index is 11.7. The van der Waals surface area contributed by atoms with E-state index >= 15 is 0 Å². The molecule has 5 nitrogen and oxygen atoms in total. The van der Waals surface area contributed by atoms with Crippen molar-refractivity contribution in [2.45, 2.75) is 19.8 Å². The van der Waals surface area contributed by atoms with Crippen LogP contribution in [-0.4, -0.2) is 19.0 Å². The monoisotopic (exact) mass is 269 g/mol. The molecule has 0 fully saturated rings. The van der Waals surface area contributed by atoms with Crippen LogP contribution >= 0.6 is 11.6 Å². The van der Waals surface area contributed by atoms with E-state index < -0.39 is 10.5 Å². The molecular formula is C12H18ClN4O+. The molecule has 0 aliphatic carbocycles. The molecule has 0 heterocycles. The van der Waals surface area contributed by atoms with Crippen LogP contribution in [0.15, 0.2) is 18.2 Å². The van der Waals surface area contributed by atoms with Gasteiger partial charge in [0.05, 0.1) is 7.05 Å². The van der Waals surface area contributed by atoms with Crippen LogP contribution in [0.25, 0.3) is 0 Å². The maximum Gasteiger partial charge on any atom is 0.426 e. The third-order valence-electron chi connectivity index (χ3n) is 3.01. The first-order chi connectivity index (χ1) is 8.22. The minimum atomic E-state index is -0.738. The van der Waals surface area contributed by atoms with Gasteiger partial charge in [-0.15, -0.1) is 4.48 Å². The summed E-state index contributed by atoms with van der Waals surface area (Å²) < 4.78 is -0.618. The Morgan fingerprint density at radius 3 is 2.33 bits per heavy atom. The normalized spacial score (nSPS) is 14.3. The van der Waals surface area contributed by atoms with Gasteiger partial charge in [0.1, 0.15) is 5.02 Å². The second-order valence-corrected chi connectivity index (χ2v) is 4.97. The topological polar surface area (TPSA) is 93.0 Å². The summed E-state index contributed by atoms with van der Waals surface area (Å²) in [5.41, 5.74) is 12.2. The van der Waals surface area contributed by atoms with Crippen molar-refractivity contribution in [2.75, 3.05) is 7.05 Å². The van der Waals surface area contributed by atoms with E-state index in [1.54, 1.807) is 12.1 Å². The molecule has 0 bridgehead atoms. The van der Waals surface area contributed by atoms with Crippen LogP contribution in [0.1, 0.15) is 25.3 Å². The lowest BCUT2D eigenvalue weighted by Gasteiger charge is -2.29. The van der Waals surface area contributed by atoms with Crippen LogP contribution in [0.2, 0.25) is 5.02 Å². The van der Waals surface area contributed by atoms with Gasteiger partial charge in [0.2, 0.25) is 0 Å². The third-order valence-corrected chi connectivity index (χ3v) is 3.31. The quantitative estimate of drug-likeness (QED) is 0.437. The number of carbonyl (C=O) groups excluding carboxylic acids is 1. The summed E-state index contributed by atoms with van der Waals surface area (Å²) in [5.74, 6) is -0.229. The lowest BCUT2D eigenvalue weighted by atomic mass is 9.99. The lowest BCUT2D eigenvalue weighted by molar-refractivity contribution is 0.234. The number of halogens is 1. The molecule has 2 amide bonds. The number of nitrogens with one attached hydrogen (secondary N) is 1. The van der Waals surface area contributed by atoms with Gasteiger partial charge in [-0.3, -0.25) is 0 Å². The predicted octanol–water partition coefficient (Wildman–Crippen LogP) is 2.37. The van der Waals surface area contributed by atoms with E-state index in [1.165, 1.54) is 7.05 Å². The fraction of sp³-hybridized carbons (Fsp3) is 0.333. The first-order valence-electron chi connectivity index (χ1n) is 5.53. The average molecular weight is 270 g/mol. The first kappa shape index (κ1) is 14.5. The van der Waals surface area contributed by atoms with Crippen molar-refractivity contribution in [3.05, 3.63) is 28.8 Å². The number of guanidine groups is 1. The fourth-order valence-corrected chi connectivity index (χ4v) is 2.17. The highest BCUT2D eigenvalue weighted by molar-refractivity contribution is 6.34. The van der Waals surface area contributed by atoms with Crippen LogP contribution in [-0.2, 0) is 0 Å². The Balaban J connectivity index is 3.66. The van der Waals surface area contributed by atoms with Crippen molar-refractivity contribution < 1.29 is 4.79 Å². The Bertz CT molecular complexity index is 485. The standard InChI is InChI=1S/C12H17ClN4O/c1-7(2)8-5-4-6-9(13)10(8)17(3,11(14)15)12(16)18/h4-7H,1-3H3,(H4-,14,15,16,18)/p+1. The van der Waals surface area contributed by atoms with Crippen molar-refractivity contribution in [1.82, 2.24) is 4.48 Å². The van der Waals surface area contributed by atoms with Gasteiger partial charge in [-0.25, -0.2) is 10.2 Å². The van der Waals surface area contributed by atoms with E-state index in [4.69, 9.17) is 28.5 Å². The Morgan fingerprint density at radius 1 is 1.39 bits per heavy atom. The molecule has 1 unspecified atom stereocenters. The highest BCUT2D eigenvalue weighted by Gasteiger charge is 2.41. The smallest absolute Gasteiger partial charge is 0.337 e. The number of para-hydroxylation sites is 1. The van der Waals surface area contributed by atoms with Gasteiger partial charge >= 0.3 is 12.0 Å². The summed E-state index contributed by atoms with van der Waals surface area (Å²) in [6.45, 7) is 3.95. The number of carbonyl (C=O) groups is 1. The molecular weight excluding hydrogens is 252 g/mol. The van der Waals surface area contributed by atoms with Crippen molar-refractivity contribution >= 4 is 29.3 Å². The third kappa shape index (κ3) is 2.19. The summed E-state index contributed by atoms with van der Waals surface area (Å²) >= 11 is 6.17. The lowest BCUT2D eigenvalue weighted by Crippen LogP contribution is -2.61. The molecule has 1 rings (SSSR count). The molecule has 1 atom stereocenters. The number of hydrogen-bond acceptors (Lipinski definition) is 2. The SMILES string of the molecule is CC(C)c1cccc(Cl)c1[N+](C)(C(=N)N)C(N)=O. The van der Waals surface area contributed by atoms with Crippen molar-refractivity contribution in [3.8, 4) is 0 Å². The number of quaternary nitrogens is 1. The molecule has 1 aromatic rings. The van der Waals surface area contributed by atoms with Crippen LogP contribution in [0.5, 0.6) is 0 Å². The van der Waals surface area contributed by atoms with Crippen molar-refractivity contribution in [3.63, 3.8) is 0 Å². The second kappa shape index (κ2) is 4.96. The first-order valence-corrected chi connectivity index (χ1v) is 5.90. The zero-order valence-electron chi connectivity index (χ0n) is 10.7. The van der Waals surface area contributed by atoms with E-state index in [0.717, 1.165) is 5.56 Å². The molecule has 0 saturated heterocycles. The highest BCUT2D eigenvalue weighted by atomic mass is 35.5. The van der Waals surface area contributed by atoms with E-state index in [2.05, 4.69) is 0 Å². The van der Waals surface area contributed by atoms with E-state index in [-0.39, 0.29) is 11.9 Å². The van der Waals surface area contributed by atoms with Crippen LogP contribution < -0.4 is 16.0 Å². The van der Waals surface area contributed by atoms with Crippen LogP contribution in [0.4, 0.5) is 10.5 Å². The number of rotatable bonds is 2. The minimum Gasteiger partial charge on any atom is -0.337 e. The Kier molecular flexibility index (Phi) is 3.98. The van der Waals surface area contributed by atoms with Gasteiger partial charge in [-0.1, -0.05) is 37.6 Å². The van der Waals surface area contributed by atoms with Crippen LogP contribution in [0.3, 0.4) is 0 Å². The summed E-state index contributed by atoms with van der Waals surface area (Å²) in [6, 6.07) is 4.57. The Morgan fingerprint density at radius 2 is 1.94 bits per heavy atom. The average Bonchev–Trinajstić information content (AvgIpc) is 2.26. The highest BCUT2D eigenvalue weighted by Crippen LogP contribution is 2.37. The van der Waals surface area contributed by atoms with E-state index in [9.17, 15) is 4.79 Å². The van der Waals surface area contributed by atoms with E-state index in [1.807, 2.05) is 19.9 Å². The molecule has 1 aromatic carbocycles. The molecule has 0 aliphatic heterocycles. The van der Waals surface area contributed by atoms with Gasteiger partial charge in [-0.05, 0) is 12.0 Å². The second-order valence-electron chi connectivity index (χ2n) is 4.56.